The normalized spacial score (nSPS) is 11.8. The van der Waals surface area contributed by atoms with Gasteiger partial charge in [-0.1, -0.05) is 109 Å². The molecule has 5 heterocycles. The number of aromatic nitrogens is 6. The average Bonchev–Trinajstić information content (AvgIpc) is 4.07. The van der Waals surface area contributed by atoms with Crippen LogP contribution in [0.25, 0.3) is 99.3 Å². The van der Waals surface area contributed by atoms with Gasteiger partial charge in [0.15, 0.2) is 0 Å². The van der Waals surface area contributed by atoms with Crippen molar-refractivity contribution in [2.45, 2.75) is 0 Å². The van der Waals surface area contributed by atoms with Crippen LogP contribution in [0.1, 0.15) is 0 Å². The van der Waals surface area contributed by atoms with Crippen molar-refractivity contribution < 1.29 is 30.4 Å². The molecule has 0 aliphatic carbocycles. The SMILES string of the molecule is Cn1c2ccccc2c2c1c1c(c3ccccc3n1-c1ccccc1)c1c3ccc(Oc4[c-]c(-[n+]5[c-]n(-c6ccccc6)c6ccccc65)ccc4)[c-]c3n(-c3ccccn3)c12.[Pt]. The van der Waals surface area contributed by atoms with Gasteiger partial charge < -0.3 is 23.0 Å². The maximum atomic E-state index is 6.73. The van der Waals surface area contributed by atoms with E-state index in [-0.39, 0.29) is 21.1 Å². The third-order valence-corrected chi connectivity index (χ3v) is 12.2. The molecule has 0 unspecified atom stereocenters. The molecule has 8 heteroatoms. The Bertz CT molecular complexity index is 3900. The predicted octanol–water partition coefficient (Wildman–Crippen LogP) is 12.3. The molecule has 0 aliphatic rings. The molecule has 0 atom stereocenters. The second kappa shape index (κ2) is 14.4. The van der Waals surface area contributed by atoms with Gasteiger partial charge in [-0.05, 0) is 59.6 Å². The third kappa shape index (κ3) is 5.49. The monoisotopic (exact) mass is 989 g/mol. The Labute approximate surface area is 376 Å². The molecule has 63 heavy (non-hydrogen) atoms. The maximum absolute atomic E-state index is 6.73. The third-order valence-electron chi connectivity index (χ3n) is 12.2. The summed E-state index contributed by atoms with van der Waals surface area (Å²) in [6.45, 7) is 0. The minimum atomic E-state index is 0. The minimum Gasteiger partial charge on any atom is -0.510 e. The molecule has 0 amide bonds. The first kappa shape index (κ1) is 37.1. The first-order chi connectivity index (χ1) is 30.7. The number of para-hydroxylation sites is 6. The summed E-state index contributed by atoms with van der Waals surface area (Å²) < 4.78 is 17.9. The van der Waals surface area contributed by atoms with Gasteiger partial charge in [0, 0.05) is 78.6 Å². The zero-order valence-electron chi connectivity index (χ0n) is 33.8. The van der Waals surface area contributed by atoms with E-state index in [1.54, 1.807) is 0 Å². The van der Waals surface area contributed by atoms with Crippen molar-refractivity contribution in [3.8, 4) is 34.4 Å². The number of fused-ring (bicyclic) bond motifs is 13. The largest absolute Gasteiger partial charge is 0.510 e. The van der Waals surface area contributed by atoms with E-state index in [0.29, 0.717) is 11.5 Å². The van der Waals surface area contributed by atoms with Crippen LogP contribution in [0.4, 0.5) is 0 Å². The van der Waals surface area contributed by atoms with E-state index in [1.807, 2.05) is 71.4 Å². The molecular weight excluding hydrogens is 956 g/mol. The van der Waals surface area contributed by atoms with Gasteiger partial charge in [0.2, 0.25) is 0 Å². The van der Waals surface area contributed by atoms with Crippen molar-refractivity contribution in [3.05, 3.63) is 207 Å². The van der Waals surface area contributed by atoms with Gasteiger partial charge in [-0.3, -0.25) is 4.57 Å². The molecular formula is C55H34N6OPt-2. The second-order valence-corrected chi connectivity index (χ2v) is 15.6. The molecule has 5 aromatic heterocycles. The standard InChI is InChI=1S/C55H34N6O.Pt/c1-57-44-25-10-8-23-41(44)52-53-50(51-42-24-9-11-26-45(42)60(55(51)54(52)57)37-19-6-3-7-20-37)43-31-30-40(34-48(43)61(53)49-29-14-15-32-56-49)62-39-22-16-21-38(33-39)59-35-58(36-17-4-2-5-18-36)46-27-12-13-28-47(46)59;/h2-32H,1H3;/q-2;. The number of benzene rings is 8. The Hall–Kier alpha value is -7.73. The summed E-state index contributed by atoms with van der Waals surface area (Å²) in [5.41, 5.74) is 11.6. The van der Waals surface area contributed by atoms with Crippen LogP contribution in [-0.4, -0.2) is 23.3 Å². The number of hydrogen-bond donors (Lipinski definition) is 0. The summed E-state index contributed by atoms with van der Waals surface area (Å²) in [5.74, 6) is 1.95. The molecule has 302 valence electrons. The van der Waals surface area contributed by atoms with E-state index >= 15 is 0 Å². The van der Waals surface area contributed by atoms with E-state index in [4.69, 9.17) is 9.72 Å². The Morgan fingerprint density at radius 1 is 0.492 bits per heavy atom. The molecule has 0 N–H and O–H groups in total. The number of ether oxygens (including phenoxy) is 1. The molecule has 0 saturated heterocycles. The quantitative estimate of drug-likeness (QED) is 0.123. The van der Waals surface area contributed by atoms with Crippen LogP contribution in [-0.2, 0) is 28.1 Å². The number of rotatable bonds is 6. The van der Waals surface area contributed by atoms with Crippen LogP contribution >= 0.6 is 0 Å². The van der Waals surface area contributed by atoms with Gasteiger partial charge in [0.25, 0.3) is 6.33 Å². The van der Waals surface area contributed by atoms with E-state index in [0.717, 1.165) is 83.2 Å². The predicted molar refractivity (Wildman–Crippen MR) is 248 cm³/mol. The first-order valence-corrected chi connectivity index (χ1v) is 20.7. The molecule has 0 spiro atoms. The van der Waals surface area contributed by atoms with Gasteiger partial charge >= 0.3 is 0 Å². The van der Waals surface area contributed by atoms with Gasteiger partial charge in [0.05, 0.1) is 38.8 Å². The van der Waals surface area contributed by atoms with Crippen molar-refractivity contribution >= 4 is 76.5 Å². The molecule has 0 fully saturated rings. The van der Waals surface area contributed by atoms with Crippen molar-refractivity contribution in [3.63, 3.8) is 0 Å². The smallest absolute Gasteiger partial charge is 0.268 e. The fraction of sp³-hybridized carbons (Fsp3) is 0.0182. The van der Waals surface area contributed by atoms with Crippen LogP contribution in [0.15, 0.2) is 188 Å². The zero-order chi connectivity index (χ0) is 40.9. The molecule has 0 bridgehead atoms. The molecule has 13 rings (SSSR count). The number of hydrogen-bond acceptors (Lipinski definition) is 2. The van der Waals surface area contributed by atoms with Crippen LogP contribution in [0, 0.1) is 18.5 Å². The van der Waals surface area contributed by atoms with Crippen LogP contribution < -0.4 is 9.30 Å². The molecule has 7 nitrogen and oxygen atoms in total. The van der Waals surface area contributed by atoms with Crippen LogP contribution in [0.5, 0.6) is 11.5 Å². The van der Waals surface area contributed by atoms with Crippen molar-refractivity contribution in [2.24, 2.45) is 7.05 Å². The summed E-state index contributed by atoms with van der Waals surface area (Å²) in [6.07, 6.45) is 5.43. The zero-order valence-corrected chi connectivity index (χ0v) is 36.1. The van der Waals surface area contributed by atoms with E-state index in [1.165, 1.54) is 16.2 Å². The van der Waals surface area contributed by atoms with Gasteiger partial charge in [0.1, 0.15) is 5.82 Å². The number of aryl methyl sites for hydroxylation is 1. The fourth-order valence-corrected chi connectivity index (χ4v) is 9.68. The molecule has 0 aliphatic heterocycles. The van der Waals surface area contributed by atoms with E-state index in [9.17, 15) is 0 Å². The van der Waals surface area contributed by atoms with Crippen molar-refractivity contribution in [2.75, 3.05) is 0 Å². The summed E-state index contributed by atoms with van der Waals surface area (Å²) in [4.78, 5) is 4.99. The van der Waals surface area contributed by atoms with Gasteiger partial charge in [-0.25, -0.2) is 4.98 Å². The molecule has 0 saturated carbocycles. The molecule has 13 aromatic rings. The van der Waals surface area contributed by atoms with Crippen molar-refractivity contribution in [1.29, 1.82) is 0 Å². The number of imidazole rings is 1. The van der Waals surface area contributed by atoms with Gasteiger partial charge in [-0.15, -0.1) is 29.7 Å². The summed E-state index contributed by atoms with van der Waals surface area (Å²) >= 11 is 0. The van der Waals surface area contributed by atoms with Crippen molar-refractivity contribution in [1.82, 2.24) is 23.3 Å². The Morgan fingerprint density at radius 3 is 1.92 bits per heavy atom. The Morgan fingerprint density at radius 2 is 1.14 bits per heavy atom. The topological polar surface area (TPSA) is 45.7 Å². The Balaban J connectivity index is 0.00000421. The summed E-state index contributed by atoms with van der Waals surface area (Å²) in [7, 11) is 2.19. The number of pyridine rings is 1. The fourth-order valence-electron chi connectivity index (χ4n) is 9.68. The number of nitrogens with zero attached hydrogens (tertiary/aromatic N) is 6. The van der Waals surface area contributed by atoms with Crippen LogP contribution in [0.3, 0.4) is 0 Å². The van der Waals surface area contributed by atoms with Gasteiger partial charge in [-0.2, -0.15) is 18.2 Å². The van der Waals surface area contributed by atoms with Crippen LogP contribution in [0.2, 0.25) is 0 Å². The average molecular weight is 990 g/mol. The van der Waals surface area contributed by atoms with E-state index < -0.39 is 0 Å². The second-order valence-electron chi connectivity index (χ2n) is 15.6. The maximum Gasteiger partial charge on any atom is 0.268 e. The minimum absolute atomic E-state index is 0. The molecule has 8 aromatic carbocycles. The summed E-state index contributed by atoms with van der Waals surface area (Å²) in [6, 6.07) is 70.4. The summed E-state index contributed by atoms with van der Waals surface area (Å²) in [5, 5.41) is 6.90. The Kier molecular flexibility index (Phi) is 8.50. The first-order valence-electron chi connectivity index (χ1n) is 20.7. The van der Waals surface area contributed by atoms with E-state index in [2.05, 4.69) is 165 Å². The molecule has 0 radical (unpaired) electrons.